The van der Waals surface area contributed by atoms with Gasteiger partial charge in [-0.05, 0) is 24.3 Å². The Morgan fingerprint density at radius 2 is 1.86 bits per heavy atom. The van der Waals surface area contributed by atoms with Gasteiger partial charge in [0, 0.05) is 54.9 Å². The molecule has 1 N–H and O–H groups in total. The number of amides is 1. The number of fused-ring (bicyclic) bond motifs is 2. The number of aromatic amines is 1. The second-order valence-corrected chi connectivity index (χ2v) is 7.88. The standard InChI is InChI=1S/C23H17FN6O4.C2H6/c24-16-2-1-14(21-27-12-34-28-21)18-17(16)15(11-26-18)19(31)23(32)30-8-6-29(7-9-30)22-20-13(3-5-25-22)4-10-33-20;1-2/h1-5,10-12,26H,6-9H2;1-2H3. The van der Waals surface area contributed by atoms with Gasteiger partial charge < -0.3 is 23.7 Å². The zero-order valence-electron chi connectivity index (χ0n) is 19.7. The van der Waals surface area contributed by atoms with Crippen LogP contribution in [0.3, 0.4) is 0 Å². The fourth-order valence-electron chi connectivity index (χ4n) is 4.35. The number of H-pyrrole nitrogens is 1. The molecule has 1 fully saturated rings. The summed E-state index contributed by atoms with van der Waals surface area (Å²) in [6, 6.07) is 6.43. The summed E-state index contributed by atoms with van der Waals surface area (Å²) >= 11 is 0. The van der Waals surface area contributed by atoms with E-state index < -0.39 is 17.5 Å². The highest BCUT2D eigenvalue weighted by atomic mass is 19.1. The van der Waals surface area contributed by atoms with Crippen molar-refractivity contribution in [3.63, 3.8) is 0 Å². The molecule has 184 valence electrons. The van der Waals surface area contributed by atoms with Gasteiger partial charge in [0.1, 0.15) is 5.82 Å². The number of nitrogens with zero attached hydrogens (tertiary/aromatic N) is 5. The second-order valence-electron chi connectivity index (χ2n) is 7.88. The molecule has 0 atom stereocenters. The van der Waals surface area contributed by atoms with Crippen molar-refractivity contribution in [2.45, 2.75) is 13.8 Å². The second kappa shape index (κ2) is 9.61. The summed E-state index contributed by atoms with van der Waals surface area (Å²) in [7, 11) is 0. The Morgan fingerprint density at radius 1 is 1.06 bits per heavy atom. The van der Waals surface area contributed by atoms with Gasteiger partial charge in [0.25, 0.3) is 11.7 Å². The number of carbonyl (C=O) groups is 2. The number of ketones is 1. The third-order valence-electron chi connectivity index (χ3n) is 6.04. The highest BCUT2D eigenvalue weighted by Crippen LogP contribution is 2.31. The van der Waals surface area contributed by atoms with Crippen LogP contribution >= 0.6 is 0 Å². The summed E-state index contributed by atoms with van der Waals surface area (Å²) in [5.74, 6) is -1.15. The summed E-state index contributed by atoms with van der Waals surface area (Å²) in [6.45, 7) is 5.61. The van der Waals surface area contributed by atoms with E-state index in [1.165, 1.54) is 23.2 Å². The van der Waals surface area contributed by atoms with Crippen LogP contribution in [0.2, 0.25) is 0 Å². The monoisotopic (exact) mass is 490 g/mol. The van der Waals surface area contributed by atoms with Crippen molar-refractivity contribution in [3.8, 4) is 11.4 Å². The van der Waals surface area contributed by atoms with E-state index in [1.807, 2.05) is 30.9 Å². The van der Waals surface area contributed by atoms with E-state index in [-0.39, 0.29) is 16.8 Å². The maximum Gasteiger partial charge on any atom is 0.295 e. The fraction of sp³-hybridized carbons (Fsp3) is 0.240. The van der Waals surface area contributed by atoms with E-state index in [0.717, 1.165) is 11.8 Å². The molecule has 10 nitrogen and oxygen atoms in total. The number of hydrogen-bond acceptors (Lipinski definition) is 8. The molecule has 0 spiro atoms. The van der Waals surface area contributed by atoms with Crippen LogP contribution in [0.25, 0.3) is 33.3 Å². The highest BCUT2D eigenvalue weighted by molar-refractivity contribution is 6.45. The normalized spacial score (nSPS) is 13.6. The Balaban J connectivity index is 0.00000130. The lowest BCUT2D eigenvalue weighted by Crippen LogP contribution is -2.50. The Morgan fingerprint density at radius 3 is 2.61 bits per heavy atom. The molecule has 11 heteroatoms. The summed E-state index contributed by atoms with van der Waals surface area (Å²) in [4.78, 5) is 40.9. The van der Waals surface area contributed by atoms with E-state index in [1.54, 1.807) is 12.5 Å². The number of rotatable bonds is 4. The molecular weight excluding hydrogens is 467 g/mol. The predicted molar refractivity (Wildman–Crippen MR) is 130 cm³/mol. The van der Waals surface area contributed by atoms with Gasteiger partial charge in [0.2, 0.25) is 12.2 Å². The van der Waals surface area contributed by atoms with Gasteiger partial charge in [-0.2, -0.15) is 4.98 Å². The quantitative estimate of drug-likeness (QED) is 0.296. The van der Waals surface area contributed by atoms with Crippen LogP contribution in [0.1, 0.15) is 24.2 Å². The first-order valence-corrected chi connectivity index (χ1v) is 11.6. The van der Waals surface area contributed by atoms with Crippen molar-refractivity contribution < 1.29 is 22.9 Å². The molecule has 5 aromatic rings. The molecule has 0 bridgehead atoms. The van der Waals surface area contributed by atoms with Gasteiger partial charge in [-0.1, -0.05) is 19.0 Å². The molecule has 4 aromatic heterocycles. The molecule has 0 saturated carbocycles. The Bertz CT molecular complexity index is 1530. The minimum absolute atomic E-state index is 0.0213. The van der Waals surface area contributed by atoms with Gasteiger partial charge >= 0.3 is 0 Å². The van der Waals surface area contributed by atoms with Gasteiger partial charge in [-0.25, -0.2) is 9.37 Å². The number of nitrogens with one attached hydrogen (secondary N) is 1. The van der Waals surface area contributed by atoms with Crippen molar-refractivity contribution in [1.29, 1.82) is 0 Å². The molecule has 1 aliphatic rings. The summed E-state index contributed by atoms with van der Waals surface area (Å²) < 4.78 is 25.1. The molecule has 0 aliphatic carbocycles. The van der Waals surface area contributed by atoms with Gasteiger partial charge in [-0.15, -0.1) is 0 Å². The van der Waals surface area contributed by atoms with Crippen molar-refractivity contribution in [2.75, 3.05) is 31.1 Å². The van der Waals surface area contributed by atoms with Crippen LogP contribution in [-0.4, -0.2) is 62.9 Å². The van der Waals surface area contributed by atoms with Crippen LogP contribution in [0.4, 0.5) is 10.2 Å². The van der Waals surface area contributed by atoms with Crippen LogP contribution in [0.15, 0.2) is 58.3 Å². The molecule has 1 aromatic carbocycles. The number of benzene rings is 1. The van der Waals surface area contributed by atoms with E-state index in [2.05, 4.69) is 20.1 Å². The van der Waals surface area contributed by atoms with Gasteiger partial charge in [0.15, 0.2) is 11.4 Å². The number of carbonyl (C=O) groups excluding carboxylic acids is 2. The third kappa shape index (κ3) is 3.88. The molecule has 36 heavy (non-hydrogen) atoms. The lowest BCUT2D eigenvalue weighted by Gasteiger charge is -2.34. The van der Waals surface area contributed by atoms with Crippen LogP contribution < -0.4 is 4.90 Å². The zero-order chi connectivity index (χ0) is 25.2. The molecular formula is C25H23FN6O4. The number of hydrogen-bond donors (Lipinski definition) is 1. The number of furan rings is 1. The summed E-state index contributed by atoms with van der Waals surface area (Å²) in [5, 5.41) is 4.74. The average Bonchev–Trinajstić information content (AvgIpc) is 3.70. The number of pyridine rings is 1. The molecule has 1 aliphatic heterocycles. The molecule has 1 saturated heterocycles. The number of halogens is 1. The van der Waals surface area contributed by atoms with Crippen molar-refractivity contribution in [1.82, 2.24) is 25.0 Å². The first-order valence-electron chi connectivity index (χ1n) is 11.6. The van der Waals surface area contributed by atoms with Crippen LogP contribution in [-0.2, 0) is 4.79 Å². The van der Waals surface area contributed by atoms with Crippen LogP contribution in [0.5, 0.6) is 0 Å². The molecule has 0 radical (unpaired) electrons. The van der Waals surface area contributed by atoms with E-state index >= 15 is 0 Å². The van der Waals surface area contributed by atoms with Gasteiger partial charge in [-0.3, -0.25) is 9.59 Å². The minimum Gasteiger partial charge on any atom is -0.460 e. The van der Waals surface area contributed by atoms with E-state index in [4.69, 9.17) is 8.94 Å². The zero-order valence-corrected chi connectivity index (χ0v) is 19.7. The maximum absolute atomic E-state index is 14.7. The Labute approximate surface area is 204 Å². The smallest absolute Gasteiger partial charge is 0.295 e. The molecule has 6 rings (SSSR count). The minimum atomic E-state index is -0.782. The van der Waals surface area contributed by atoms with E-state index in [0.29, 0.717) is 48.7 Å². The van der Waals surface area contributed by atoms with Crippen molar-refractivity contribution >= 4 is 39.4 Å². The first-order chi connectivity index (χ1) is 17.6. The molecule has 1 amide bonds. The number of Topliss-reactive ketones (excluding diaryl/α,β-unsaturated/α-hetero) is 1. The fourth-order valence-corrected chi connectivity index (χ4v) is 4.35. The summed E-state index contributed by atoms with van der Waals surface area (Å²) in [5.41, 5.74) is 1.43. The van der Waals surface area contributed by atoms with Crippen LogP contribution in [0, 0.1) is 5.82 Å². The lowest BCUT2D eigenvalue weighted by atomic mass is 10.0. The Kier molecular flexibility index (Phi) is 6.19. The van der Waals surface area contributed by atoms with Gasteiger partial charge in [0.05, 0.1) is 17.3 Å². The molecule has 5 heterocycles. The number of piperazine rings is 1. The predicted octanol–water partition coefficient (Wildman–Crippen LogP) is 4.06. The SMILES string of the molecule is CC.O=C(C(=O)N1CCN(c2nccc3ccoc23)CC1)c1c[nH]c2c(-c3ncon3)ccc(F)c12. The van der Waals surface area contributed by atoms with Crippen molar-refractivity contribution in [3.05, 3.63) is 60.7 Å². The Hall–Kier alpha value is -4.54. The lowest BCUT2D eigenvalue weighted by molar-refractivity contribution is -0.126. The number of anilines is 1. The molecule has 0 unspecified atom stereocenters. The number of aromatic nitrogens is 4. The topological polar surface area (TPSA) is 121 Å². The van der Waals surface area contributed by atoms with Crippen molar-refractivity contribution in [2.24, 2.45) is 0 Å². The largest absolute Gasteiger partial charge is 0.460 e. The van der Waals surface area contributed by atoms with E-state index in [9.17, 15) is 14.0 Å². The summed E-state index contributed by atoms with van der Waals surface area (Å²) in [6.07, 6.45) is 5.82. The first kappa shape index (κ1) is 23.2. The average molecular weight is 490 g/mol. The highest BCUT2D eigenvalue weighted by Gasteiger charge is 2.30. The third-order valence-corrected chi connectivity index (χ3v) is 6.04. The maximum atomic E-state index is 14.7.